The molecule has 0 aliphatic rings. The highest BCUT2D eigenvalue weighted by molar-refractivity contribution is 7.73. The van der Waals surface area contributed by atoms with Crippen molar-refractivity contribution in [3.63, 3.8) is 0 Å². The second-order valence-electron chi connectivity index (χ2n) is 5.74. The fourth-order valence-electron chi connectivity index (χ4n) is 2.85. The minimum Gasteiger partial charge on any atom is -0.497 e. The number of anilines is 1. The normalized spacial score (nSPS) is 10.8. The van der Waals surface area contributed by atoms with Gasteiger partial charge in [0.1, 0.15) is 10.6 Å². The van der Waals surface area contributed by atoms with Gasteiger partial charge in [0.15, 0.2) is 0 Å². The topological polar surface area (TPSA) is 92.7 Å². The molecule has 8 heteroatoms. The maximum absolute atomic E-state index is 11.8. The van der Waals surface area contributed by atoms with Crippen molar-refractivity contribution in [3.8, 4) is 27.3 Å². The zero-order valence-corrected chi connectivity index (χ0v) is 16.3. The Morgan fingerprint density at radius 2 is 1.63 bits per heavy atom. The lowest BCUT2D eigenvalue weighted by Crippen LogP contribution is -1.97. The SMILES string of the molecule is COc1ccc(-c2sc(C(=O)O)c(-c3ccc(N[SH](=O)=O)cc3)c2C)cc1. The van der Waals surface area contributed by atoms with Crippen molar-refractivity contribution >= 4 is 33.9 Å². The molecule has 0 aliphatic carbocycles. The second kappa shape index (κ2) is 7.81. The van der Waals surface area contributed by atoms with Gasteiger partial charge < -0.3 is 9.84 Å². The molecule has 0 radical (unpaired) electrons. The third-order valence-electron chi connectivity index (χ3n) is 4.09. The third kappa shape index (κ3) is 3.96. The van der Waals surface area contributed by atoms with Gasteiger partial charge >= 0.3 is 5.97 Å². The number of hydrogen-bond donors (Lipinski definition) is 3. The van der Waals surface area contributed by atoms with Crippen molar-refractivity contribution in [2.45, 2.75) is 6.92 Å². The predicted octanol–water partition coefficient (Wildman–Crippen LogP) is 4.04. The van der Waals surface area contributed by atoms with Gasteiger partial charge in [-0.05, 0) is 60.0 Å². The van der Waals surface area contributed by atoms with Crippen LogP contribution < -0.4 is 9.46 Å². The van der Waals surface area contributed by atoms with E-state index in [1.165, 1.54) is 11.3 Å². The van der Waals surface area contributed by atoms with E-state index in [9.17, 15) is 18.3 Å². The zero-order valence-electron chi connectivity index (χ0n) is 14.6. The lowest BCUT2D eigenvalue weighted by Gasteiger charge is -2.06. The van der Waals surface area contributed by atoms with Crippen molar-refractivity contribution < 1.29 is 23.1 Å². The molecule has 0 saturated carbocycles. The molecule has 1 heterocycles. The minimum absolute atomic E-state index is 0.244. The molecule has 0 fully saturated rings. The summed E-state index contributed by atoms with van der Waals surface area (Å²) in [4.78, 5) is 12.9. The van der Waals surface area contributed by atoms with E-state index in [4.69, 9.17) is 4.74 Å². The summed E-state index contributed by atoms with van der Waals surface area (Å²) < 4.78 is 29.0. The summed E-state index contributed by atoms with van der Waals surface area (Å²) in [7, 11) is -1.16. The molecule has 0 aliphatic heterocycles. The minimum atomic E-state index is -2.75. The van der Waals surface area contributed by atoms with Crippen molar-refractivity contribution in [1.29, 1.82) is 0 Å². The first-order chi connectivity index (χ1) is 12.9. The molecule has 0 amide bonds. The zero-order chi connectivity index (χ0) is 19.6. The van der Waals surface area contributed by atoms with Gasteiger partial charge in [-0.2, -0.15) is 0 Å². The van der Waals surface area contributed by atoms with E-state index in [0.717, 1.165) is 21.8 Å². The first-order valence-electron chi connectivity index (χ1n) is 7.93. The van der Waals surface area contributed by atoms with E-state index in [-0.39, 0.29) is 4.88 Å². The molecule has 0 atom stereocenters. The molecule has 2 N–H and O–H groups in total. The first kappa shape index (κ1) is 18.9. The molecule has 27 heavy (non-hydrogen) atoms. The van der Waals surface area contributed by atoms with Crippen LogP contribution in [0.25, 0.3) is 21.6 Å². The Labute approximate surface area is 162 Å². The summed E-state index contributed by atoms with van der Waals surface area (Å²) >= 11 is 1.22. The molecule has 0 unspecified atom stereocenters. The van der Waals surface area contributed by atoms with E-state index in [1.807, 2.05) is 31.2 Å². The average Bonchev–Trinajstić information content (AvgIpc) is 2.99. The highest BCUT2D eigenvalue weighted by Gasteiger charge is 2.22. The molecule has 0 spiro atoms. The number of carbonyl (C=O) groups is 1. The number of carboxylic acid groups (broad SMARTS) is 1. The van der Waals surface area contributed by atoms with Gasteiger partial charge in [-0.1, -0.05) is 12.1 Å². The summed E-state index contributed by atoms with van der Waals surface area (Å²) in [6.07, 6.45) is 0. The van der Waals surface area contributed by atoms with Crippen molar-refractivity contribution in [3.05, 3.63) is 59.0 Å². The van der Waals surface area contributed by atoms with E-state index < -0.39 is 16.9 Å². The predicted molar refractivity (Wildman–Crippen MR) is 107 cm³/mol. The van der Waals surface area contributed by atoms with Gasteiger partial charge in [0, 0.05) is 16.1 Å². The number of thiol groups is 1. The number of nitrogens with one attached hydrogen (secondary N) is 1. The Morgan fingerprint density at radius 1 is 1.04 bits per heavy atom. The number of hydrogen-bond acceptors (Lipinski definition) is 5. The lowest BCUT2D eigenvalue weighted by molar-refractivity contribution is 0.0703. The Bertz CT molecular complexity index is 1040. The van der Waals surface area contributed by atoms with Crippen molar-refractivity contribution in [2.24, 2.45) is 0 Å². The molecule has 140 valence electrons. The average molecular weight is 403 g/mol. The van der Waals surface area contributed by atoms with Crippen LogP contribution in [0.15, 0.2) is 48.5 Å². The van der Waals surface area contributed by atoms with Crippen LogP contribution in [0.4, 0.5) is 5.69 Å². The highest BCUT2D eigenvalue weighted by atomic mass is 32.2. The summed E-state index contributed by atoms with van der Waals surface area (Å²) in [6.45, 7) is 1.89. The fourth-order valence-corrected chi connectivity index (χ4v) is 4.38. The molecule has 0 bridgehead atoms. The van der Waals surface area contributed by atoms with Crippen molar-refractivity contribution in [2.75, 3.05) is 11.8 Å². The van der Waals surface area contributed by atoms with Gasteiger partial charge in [-0.25, -0.2) is 13.2 Å². The van der Waals surface area contributed by atoms with Gasteiger partial charge in [0.25, 0.3) is 0 Å². The Morgan fingerprint density at radius 3 is 2.15 bits per heavy atom. The second-order valence-corrected chi connectivity index (χ2v) is 7.50. The molecule has 3 rings (SSSR count). The van der Waals surface area contributed by atoms with Gasteiger partial charge in [0.05, 0.1) is 7.11 Å². The summed E-state index contributed by atoms with van der Waals surface area (Å²) in [5.41, 5.74) is 3.55. The van der Waals surface area contributed by atoms with Crippen LogP contribution in [0.2, 0.25) is 0 Å². The lowest BCUT2D eigenvalue weighted by atomic mass is 9.98. The number of ether oxygens (including phenoxy) is 1. The maximum atomic E-state index is 11.8. The van der Waals surface area contributed by atoms with Crippen LogP contribution in [0.3, 0.4) is 0 Å². The van der Waals surface area contributed by atoms with Crippen LogP contribution in [-0.4, -0.2) is 26.6 Å². The first-order valence-corrected chi connectivity index (χ1v) is 9.92. The van der Waals surface area contributed by atoms with E-state index >= 15 is 0 Å². The standard InChI is InChI=1S/C19H17NO5S2/c1-11-16(12-3-7-14(8-4-12)20-27(23)24)18(19(21)22)26-17(11)13-5-9-15(25-2)10-6-13/h3-10,27H,1-2H3,(H,21,22)(H,20,23,24). The van der Waals surface area contributed by atoms with E-state index in [1.54, 1.807) is 31.4 Å². The number of aromatic carboxylic acids is 1. The van der Waals surface area contributed by atoms with Gasteiger partial charge in [-0.15, -0.1) is 11.3 Å². The Hall–Kier alpha value is -2.84. The van der Waals surface area contributed by atoms with Crippen LogP contribution in [0, 0.1) is 6.92 Å². The Kier molecular flexibility index (Phi) is 5.48. The number of methoxy groups -OCH3 is 1. The number of thiophene rings is 1. The monoisotopic (exact) mass is 403 g/mol. The fraction of sp³-hybridized carbons (Fsp3) is 0.105. The van der Waals surface area contributed by atoms with E-state index in [2.05, 4.69) is 4.72 Å². The van der Waals surface area contributed by atoms with Crippen LogP contribution in [0.1, 0.15) is 15.2 Å². The van der Waals surface area contributed by atoms with Crippen LogP contribution in [0.5, 0.6) is 5.75 Å². The summed E-state index contributed by atoms with van der Waals surface area (Å²) in [5.74, 6) is -0.269. The van der Waals surface area contributed by atoms with Crippen LogP contribution >= 0.6 is 11.3 Å². The van der Waals surface area contributed by atoms with Gasteiger partial charge in [-0.3, -0.25) is 4.72 Å². The number of benzene rings is 2. The molecule has 6 nitrogen and oxygen atoms in total. The molecule has 0 saturated heterocycles. The summed E-state index contributed by atoms with van der Waals surface area (Å²) in [5, 5.41) is 9.67. The molecule has 1 aromatic heterocycles. The number of carboxylic acids is 1. The highest BCUT2D eigenvalue weighted by Crippen LogP contribution is 2.42. The number of rotatable bonds is 6. The van der Waals surface area contributed by atoms with Crippen LogP contribution in [-0.2, 0) is 10.9 Å². The van der Waals surface area contributed by atoms with Gasteiger partial charge in [0.2, 0.25) is 10.9 Å². The maximum Gasteiger partial charge on any atom is 0.346 e. The third-order valence-corrected chi connectivity index (χ3v) is 5.86. The summed E-state index contributed by atoms with van der Waals surface area (Å²) in [6, 6.07) is 14.1. The van der Waals surface area contributed by atoms with Crippen molar-refractivity contribution in [1.82, 2.24) is 0 Å². The molecular formula is C19H17NO5S2. The molecular weight excluding hydrogens is 386 g/mol. The molecule has 2 aromatic carbocycles. The Balaban J connectivity index is 2.09. The quantitative estimate of drug-likeness (QED) is 0.540. The largest absolute Gasteiger partial charge is 0.497 e. The smallest absolute Gasteiger partial charge is 0.346 e. The molecule has 3 aromatic rings. The van der Waals surface area contributed by atoms with E-state index in [0.29, 0.717) is 16.8 Å².